The molecular weight excluding hydrogens is 302 g/mol. The van der Waals surface area contributed by atoms with Gasteiger partial charge < -0.3 is 10.2 Å². The summed E-state index contributed by atoms with van der Waals surface area (Å²) in [7, 11) is 0. The zero-order chi connectivity index (χ0) is 16.4. The van der Waals surface area contributed by atoms with E-state index in [9.17, 15) is 4.79 Å². The Balaban J connectivity index is 1.45. The molecule has 2 saturated heterocycles. The van der Waals surface area contributed by atoms with Gasteiger partial charge in [-0.2, -0.15) is 0 Å². The van der Waals surface area contributed by atoms with Crippen molar-refractivity contribution in [3.63, 3.8) is 0 Å². The van der Waals surface area contributed by atoms with Gasteiger partial charge in [-0.3, -0.25) is 9.69 Å². The third-order valence-corrected chi connectivity index (χ3v) is 5.16. The first-order valence-electron chi connectivity index (χ1n) is 8.77. The smallest absolute Gasteiger partial charge is 0.220 e. The highest BCUT2D eigenvalue weighted by Gasteiger charge is 2.26. The molecule has 1 aromatic carbocycles. The maximum atomic E-state index is 11.5. The highest BCUT2D eigenvalue weighted by Crippen LogP contribution is 2.24. The molecular formula is C18H23N5O. The van der Waals surface area contributed by atoms with Crippen molar-refractivity contribution in [2.24, 2.45) is 0 Å². The average Bonchev–Trinajstić information content (AvgIpc) is 2.86. The summed E-state index contributed by atoms with van der Waals surface area (Å²) >= 11 is 0. The van der Waals surface area contributed by atoms with Gasteiger partial charge in [0.05, 0.1) is 5.52 Å². The standard InChI is InChI=1S/C18H23N5O/c24-17-6-5-14(7-8-19-17)22-9-11-23(12-10-22)18-15-3-1-2-4-16(15)20-13-21-18/h1-4,13-14H,5-12H2,(H,19,24)/t14-/m1/s1. The summed E-state index contributed by atoms with van der Waals surface area (Å²) < 4.78 is 0. The van der Waals surface area contributed by atoms with Gasteiger partial charge in [0.25, 0.3) is 0 Å². The van der Waals surface area contributed by atoms with Crippen molar-refractivity contribution in [2.75, 3.05) is 37.6 Å². The summed E-state index contributed by atoms with van der Waals surface area (Å²) in [6.45, 7) is 4.80. The van der Waals surface area contributed by atoms with Crippen molar-refractivity contribution < 1.29 is 4.79 Å². The minimum atomic E-state index is 0.198. The molecule has 3 heterocycles. The van der Waals surface area contributed by atoms with E-state index in [-0.39, 0.29) is 5.91 Å². The molecule has 4 rings (SSSR count). The number of carbonyl (C=O) groups excluding carboxylic acids is 1. The van der Waals surface area contributed by atoms with E-state index < -0.39 is 0 Å². The molecule has 1 atom stereocenters. The second kappa shape index (κ2) is 6.73. The van der Waals surface area contributed by atoms with Gasteiger partial charge >= 0.3 is 0 Å². The molecule has 2 aliphatic rings. The van der Waals surface area contributed by atoms with Gasteiger partial charge in [-0.15, -0.1) is 0 Å². The molecule has 1 amide bonds. The maximum Gasteiger partial charge on any atom is 0.220 e. The number of carbonyl (C=O) groups is 1. The predicted octanol–water partition coefficient (Wildman–Crippen LogP) is 1.42. The Kier molecular flexibility index (Phi) is 4.30. The van der Waals surface area contributed by atoms with Crippen LogP contribution in [0.2, 0.25) is 0 Å². The first kappa shape index (κ1) is 15.3. The predicted molar refractivity (Wildman–Crippen MR) is 94.0 cm³/mol. The topological polar surface area (TPSA) is 61.4 Å². The molecule has 0 radical (unpaired) electrons. The summed E-state index contributed by atoms with van der Waals surface area (Å²) in [4.78, 5) is 25.3. The number of rotatable bonds is 2. The molecule has 6 heteroatoms. The van der Waals surface area contributed by atoms with Crippen LogP contribution in [0.4, 0.5) is 5.82 Å². The van der Waals surface area contributed by atoms with E-state index >= 15 is 0 Å². The van der Waals surface area contributed by atoms with Gasteiger partial charge in [-0.1, -0.05) is 12.1 Å². The minimum absolute atomic E-state index is 0.198. The molecule has 24 heavy (non-hydrogen) atoms. The maximum absolute atomic E-state index is 11.5. The van der Waals surface area contributed by atoms with Crippen molar-refractivity contribution in [3.8, 4) is 0 Å². The molecule has 2 aromatic rings. The lowest BCUT2D eigenvalue weighted by Crippen LogP contribution is -2.50. The van der Waals surface area contributed by atoms with Crippen molar-refractivity contribution in [3.05, 3.63) is 30.6 Å². The van der Waals surface area contributed by atoms with Crippen LogP contribution in [0.25, 0.3) is 10.9 Å². The summed E-state index contributed by atoms with van der Waals surface area (Å²) in [6.07, 6.45) is 4.35. The van der Waals surface area contributed by atoms with Gasteiger partial charge in [-0.05, 0) is 25.0 Å². The first-order chi connectivity index (χ1) is 11.8. The number of anilines is 1. The lowest BCUT2D eigenvalue weighted by atomic mass is 10.1. The van der Waals surface area contributed by atoms with E-state index in [1.165, 1.54) is 0 Å². The molecule has 0 bridgehead atoms. The summed E-state index contributed by atoms with van der Waals surface area (Å²) in [6, 6.07) is 8.71. The van der Waals surface area contributed by atoms with Gasteiger partial charge in [-0.25, -0.2) is 9.97 Å². The Morgan fingerprint density at radius 1 is 1.04 bits per heavy atom. The molecule has 2 aliphatic heterocycles. The number of hydrogen-bond acceptors (Lipinski definition) is 5. The largest absolute Gasteiger partial charge is 0.356 e. The zero-order valence-corrected chi connectivity index (χ0v) is 13.8. The average molecular weight is 325 g/mol. The Morgan fingerprint density at radius 2 is 1.88 bits per heavy atom. The molecule has 126 valence electrons. The fourth-order valence-corrected chi connectivity index (χ4v) is 3.82. The van der Waals surface area contributed by atoms with Crippen LogP contribution >= 0.6 is 0 Å². The highest BCUT2D eigenvalue weighted by atomic mass is 16.1. The number of fused-ring (bicyclic) bond motifs is 1. The Labute approximate surface area is 141 Å². The van der Waals surface area contributed by atoms with E-state index in [1.807, 2.05) is 18.2 Å². The van der Waals surface area contributed by atoms with E-state index in [0.717, 1.165) is 62.3 Å². The van der Waals surface area contributed by atoms with Crippen molar-refractivity contribution >= 4 is 22.6 Å². The second-order valence-electron chi connectivity index (χ2n) is 6.57. The molecule has 0 unspecified atom stereocenters. The van der Waals surface area contributed by atoms with Crippen LogP contribution in [-0.4, -0.2) is 59.5 Å². The lowest BCUT2D eigenvalue weighted by molar-refractivity contribution is -0.120. The summed E-state index contributed by atoms with van der Waals surface area (Å²) in [5, 5.41) is 4.10. The second-order valence-corrected chi connectivity index (χ2v) is 6.57. The van der Waals surface area contributed by atoms with E-state index in [2.05, 4.69) is 31.2 Å². The number of nitrogens with zero attached hydrogens (tertiary/aromatic N) is 4. The monoisotopic (exact) mass is 325 g/mol. The van der Waals surface area contributed by atoms with E-state index in [1.54, 1.807) is 6.33 Å². The Morgan fingerprint density at radius 3 is 2.75 bits per heavy atom. The van der Waals surface area contributed by atoms with E-state index in [0.29, 0.717) is 12.5 Å². The van der Waals surface area contributed by atoms with Crippen LogP contribution in [0.5, 0.6) is 0 Å². The van der Waals surface area contributed by atoms with Crippen LogP contribution in [0, 0.1) is 0 Å². The third kappa shape index (κ3) is 3.06. The molecule has 0 aliphatic carbocycles. The minimum Gasteiger partial charge on any atom is -0.356 e. The number of aromatic nitrogens is 2. The van der Waals surface area contributed by atoms with Crippen LogP contribution in [0.15, 0.2) is 30.6 Å². The number of benzene rings is 1. The summed E-state index contributed by atoms with van der Waals surface area (Å²) in [5.41, 5.74) is 0.998. The summed E-state index contributed by atoms with van der Waals surface area (Å²) in [5.74, 6) is 1.24. The molecule has 6 nitrogen and oxygen atoms in total. The molecule has 1 N–H and O–H groups in total. The molecule has 0 saturated carbocycles. The highest BCUT2D eigenvalue weighted by molar-refractivity contribution is 5.89. The molecule has 0 spiro atoms. The number of amides is 1. The van der Waals surface area contributed by atoms with Crippen molar-refractivity contribution in [1.29, 1.82) is 0 Å². The zero-order valence-electron chi connectivity index (χ0n) is 13.8. The van der Waals surface area contributed by atoms with Crippen LogP contribution in [0.1, 0.15) is 19.3 Å². The van der Waals surface area contributed by atoms with Crippen molar-refractivity contribution in [2.45, 2.75) is 25.3 Å². The van der Waals surface area contributed by atoms with Gasteiger partial charge in [0.2, 0.25) is 5.91 Å². The van der Waals surface area contributed by atoms with Gasteiger partial charge in [0.1, 0.15) is 12.1 Å². The molecule has 2 fully saturated rings. The molecule has 1 aromatic heterocycles. The third-order valence-electron chi connectivity index (χ3n) is 5.16. The van der Waals surface area contributed by atoms with Gasteiger partial charge in [0.15, 0.2) is 0 Å². The normalized spacial score (nSPS) is 23.1. The van der Waals surface area contributed by atoms with Crippen molar-refractivity contribution in [1.82, 2.24) is 20.2 Å². The Hall–Kier alpha value is -2.21. The van der Waals surface area contributed by atoms with Crippen LogP contribution in [0.3, 0.4) is 0 Å². The van der Waals surface area contributed by atoms with E-state index in [4.69, 9.17) is 0 Å². The van der Waals surface area contributed by atoms with Gasteiger partial charge in [0, 0.05) is 50.6 Å². The Bertz CT molecular complexity index is 721. The number of nitrogens with one attached hydrogen (secondary N) is 1. The number of hydrogen-bond donors (Lipinski definition) is 1. The number of para-hydroxylation sites is 1. The van der Waals surface area contributed by atoms with Crippen LogP contribution in [-0.2, 0) is 4.79 Å². The number of piperazine rings is 1. The first-order valence-corrected chi connectivity index (χ1v) is 8.77. The quantitative estimate of drug-likeness (QED) is 0.905. The fourth-order valence-electron chi connectivity index (χ4n) is 3.82. The van der Waals surface area contributed by atoms with Crippen LogP contribution < -0.4 is 10.2 Å². The SMILES string of the molecule is O=C1CC[C@@H](N2CCN(c3ncnc4ccccc34)CC2)CCN1. The lowest BCUT2D eigenvalue weighted by Gasteiger charge is -2.39. The fraction of sp³-hybridized carbons (Fsp3) is 0.500.